The zero-order valence-corrected chi connectivity index (χ0v) is 9.08. The van der Waals surface area contributed by atoms with E-state index in [9.17, 15) is 14.7 Å². The number of carbonyl (C=O) groups is 2. The van der Waals surface area contributed by atoms with Gasteiger partial charge in [-0.15, -0.1) is 0 Å². The summed E-state index contributed by atoms with van der Waals surface area (Å²) in [6, 6.07) is 0. The molecule has 0 aromatic heterocycles. The van der Waals surface area contributed by atoms with Crippen LogP contribution in [0.2, 0.25) is 0 Å². The third-order valence-corrected chi connectivity index (χ3v) is 3.18. The first-order valence-electron chi connectivity index (χ1n) is 5.06. The van der Waals surface area contributed by atoms with Crippen molar-refractivity contribution in [3.63, 3.8) is 0 Å². The van der Waals surface area contributed by atoms with Gasteiger partial charge < -0.3 is 15.2 Å². The van der Waals surface area contributed by atoms with Crippen molar-refractivity contribution < 1.29 is 19.4 Å². The first-order chi connectivity index (χ1) is 7.03. The quantitative estimate of drug-likeness (QED) is 0.662. The van der Waals surface area contributed by atoms with Crippen LogP contribution in [0.15, 0.2) is 0 Å². The molecule has 1 saturated heterocycles. The summed E-state index contributed by atoms with van der Waals surface area (Å²) < 4.78 is 5.16. The van der Waals surface area contributed by atoms with Gasteiger partial charge in [-0.05, 0) is 25.7 Å². The van der Waals surface area contributed by atoms with E-state index in [0.29, 0.717) is 26.1 Å². The summed E-state index contributed by atoms with van der Waals surface area (Å²) in [5.74, 6) is -1.64. The Kier molecular flexibility index (Phi) is 3.68. The second-order valence-electron chi connectivity index (χ2n) is 3.97. The van der Waals surface area contributed by atoms with Crippen LogP contribution in [0.5, 0.6) is 0 Å². The highest BCUT2D eigenvalue weighted by molar-refractivity contribution is 6.01. The lowest BCUT2D eigenvalue weighted by Gasteiger charge is -2.34. The lowest BCUT2D eigenvalue weighted by atomic mass is 9.72. The fourth-order valence-electron chi connectivity index (χ4n) is 1.99. The summed E-state index contributed by atoms with van der Waals surface area (Å²) in [4.78, 5) is 22.9. The number of carboxylic acid groups (broad SMARTS) is 1. The SMILES string of the molecule is CNC(=O)C(C)(C(=O)O)C1CCOCC1. The maximum absolute atomic E-state index is 11.6. The average molecular weight is 215 g/mol. The molecule has 15 heavy (non-hydrogen) atoms. The second kappa shape index (κ2) is 4.61. The summed E-state index contributed by atoms with van der Waals surface area (Å²) in [5, 5.41) is 11.6. The Balaban J connectivity index is 2.88. The number of hydrogen-bond donors (Lipinski definition) is 2. The van der Waals surface area contributed by atoms with Crippen LogP contribution in [0.25, 0.3) is 0 Å². The Labute approximate surface area is 88.8 Å². The number of ether oxygens (including phenoxy) is 1. The van der Waals surface area contributed by atoms with E-state index in [0.717, 1.165) is 0 Å². The van der Waals surface area contributed by atoms with Crippen LogP contribution in [-0.4, -0.2) is 37.2 Å². The largest absolute Gasteiger partial charge is 0.480 e. The Morgan fingerprint density at radius 1 is 1.40 bits per heavy atom. The minimum absolute atomic E-state index is 0.149. The zero-order valence-electron chi connectivity index (χ0n) is 9.08. The Hall–Kier alpha value is -1.10. The molecule has 0 aliphatic carbocycles. The summed E-state index contributed by atoms with van der Waals surface area (Å²) in [6.07, 6.45) is 1.24. The number of carboxylic acids is 1. The average Bonchev–Trinajstić information content (AvgIpc) is 2.27. The first-order valence-corrected chi connectivity index (χ1v) is 5.06. The number of nitrogens with one attached hydrogen (secondary N) is 1. The zero-order chi connectivity index (χ0) is 11.5. The molecule has 1 heterocycles. The molecule has 5 nitrogen and oxygen atoms in total. The van der Waals surface area contributed by atoms with E-state index in [1.165, 1.54) is 14.0 Å². The summed E-state index contributed by atoms with van der Waals surface area (Å²) in [7, 11) is 1.46. The molecule has 0 bridgehead atoms. The van der Waals surface area contributed by atoms with Gasteiger partial charge in [0.25, 0.3) is 0 Å². The fraction of sp³-hybridized carbons (Fsp3) is 0.800. The predicted molar refractivity (Wildman–Crippen MR) is 53.4 cm³/mol. The molecule has 1 aliphatic heterocycles. The molecule has 0 spiro atoms. The molecule has 0 saturated carbocycles. The highest BCUT2D eigenvalue weighted by atomic mass is 16.5. The Morgan fingerprint density at radius 2 is 1.93 bits per heavy atom. The lowest BCUT2D eigenvalue weighted by molar-refractivity contribution is -0.160. The third-order valence-electron chi connectivity index (χ3n) is 3.18. The molecule has 1 atom stereocenters. The Morgan fingerprint density at radius 3 is 2.33 bits per heavy atom. The molecule has 1 rings (SSSR count). The predicted octanol–water partition coefficient (Wildman–Crippen LogP) is 0.250. The van der Waals surface area contributed by atoms with Crippen molar-refractivity contribution in [2.75, 3.05) is 20.3 Å². The van der Waals surface area contributed by atoms with Crippen LogP contribution in [0.1, 0.15) is 19.8 Å². The molecule has 86 valence electrons. The van der Waals surface area contributed by atoms with E-state index in [1.54, 1.807) is 0 Å². The molecule has 5 heteroatoms. The van der Waals surface area contributed by atoms with E-state index in [4.69, 9.17) is 4.74 Å². The highest BCUT2D eigenvalue weighted by Gasteiger charge is 2.48. The van der Waals surface area contributed by atoms with Crippen molar-refractivity contribution in [1.82, 2.24) is 5.32 Å². The molecule has 1 unspecified atom stereocenters. The van der Waals surface area contributed by atoms with Gasteiger partial charge in [0, 0.05) is 20.3 Å². The summed E-state index contributed by atoms with van der Waals surface area (Å²) in [6.45, 7) is 2.55. The van der Waals surface area contributed by atoms with Gasteiger partial charge in [-0.2, -0.15) is 0 Å². The topological polar surface area (TPSA) is 75.6 Å². The fourth-order valence-corrected chi connectivity index (χ4v) is 1.99. The van der Waals surface area contributed by atoms with Crippen molar-refractivity contribution in [1.29, 1.82) is 0 Å². The standard InChI is InChI=1S/C10H17NO4/c1-10(9(13)14,8(12)11-2)7-3-5-15-6-4-7/h7H,3-6H2,1-2H3,(H,11,12)(H,13,14). The van der Waals surface area contributed by atoms with Crippen LogP contribution in [0.3, 0.4) is 0 Å². The van der Waals surface area contributed by atoms with E-state index >= 15 is 0 Å². The third kappa shape index (κ3) is 2.12. The highest BCUT2D eigenvalue weighted by Crippen LogP contribution is 2.35. The molecular formula is C10H17NO4. The molecule has 1 aliphatic rings. The van der Waals surface area contributed by atoms with Gasteiger partial charge in [-0.1, -0.05) is 0 Å². The minimum atomic E-state index is -1.33. The maximum Gasteiger partial charge on any atom is 0.319 e. The van der Waals surface area contributed by atoms with Crippen LogP contribution >= 0.6 is 0 Å². The molecule has 2 N–H and O–H groups in total. The van der Waals surface area contributed by atoms with Gasteiger partial charge >= 0.3 is 5.97 Å². The number of aliphatic carboxylic acids is 1. The van der Waals surface area contributed by atoms with Crippen molar-refractivity contribution in [2.45, 2.75) is 19.8 Å². The summed E-state index contributed by atoms with van der Waals surface area (Å²) in [5.41, 5.74) is -1.33. The van der Waals surface area contributed by atoms with Crippen LogP contribution < -0.4 is 5.32 Å². The van der Waals surface area contributed by atoms with Crippen LogP contribution in [0.4, 0.5) is 0 Å². The summed E-state index contributed by atoms with van der Waals surface area (Å²) >= 11 is 0. The molecule has 1 fully saturated rings. The monoisotopic (exact) mass is 215 g/mol. The van der Waals surface area contributed by atoms with Gasteiger partial charge in [0.2, 0.25) is 5.91 Å². The number of carbonyl (C=O) groups excluding carboxylic acids is 1. The Bertz CT molecular complexity index is 260. The van der Waals surface area contributed by atoms with Crippen LogP contribution in [0, 0.1) is 11.3 Å². The van der Waals surface area contributed by atoms with Gasteiger partial charge in [0.1, 0.15) is 5.41 Å². The molecular weight excluding hydrogens is 198 g/mol. The van der Waals surface area contributed by atoms with E-state index in [-0.39, 0.29) is 5.92 Å². The normalized spacial score (nSPS) is 21.7. The van der Waals surface area contributed by atoms with E-state index in [2.05, 4.69) is 5.32 Å². The molecule has 0 aromatic carbocycles. The number of amides is 1. The van der Waals surface area contributed by atoms with Crippen molar-refractivity contribution in [3.8, 4) is 0 Å². The van der Waals surface area contributed by atoms with Gasteiger partial charge in [-0.3, -0.25) is 9.59 Å². The van der Waals surface area contributed by atoms with Crippen LogP contribution in [-0.2, 0) is 14.3 Å². The van der Waals surface area contributed by atoms with Crippen molar-refractivity contribution in [2.24, 2.45) is 11.3 Å². The minimum Gasteiger partial charge on any atom is -0.480 e. The maximum atomic E-state index is 11.6. The van der Waals surface area contributed by atoms with Gasteiger partial charge in [0.05, 0.1) is 0 Å². The van der Waals surface area contributed by atoms with Gasteiger partial charge in [0.15, 0.2) is 0 Å². The molecule has 0 aromatic rings. The molecule has 1 amide bonds. The van der Waals surface area contributed by atoms with E-state index < -0.39 is 17.3 Å². The van der Waals surface area contributed by atoms with Gasteiger partial charge in [-0.25, -0.2) is 0 Å². The van der Waals surface area contributed by atoms with Crippen molar-refractivity contribution >= 4 is 11.9 Å². The smallest absolute Gasteiger partial charge is 0.319 e. The second-order valence-corrected chi connectivity index (χ2v) is 3.97. The van der Waals surface area contributed by atoms with E-state index in [1.807, 2.05) is 0 Å². The number of hydrogen-bond acceptors (Lipinski definition) is 3. The first kappa shape index (κ1) is 12.0. The number of rotatable bonds is 3. The van der Waals surface area contributed by atoms with Crippen molar-refractivity contribution in [3.05, 3.63) is 0 Å². The molecule has 0 radical (unpaired) electrons. The lowest BCUT2D eigenvalue weighted by Crippen LogP contribution is -2.49.